The van der Waals surface area contributed by atoms with Crippen LogP contribution in [0, 0.1) is 0 Å². The Hall–Kier alpha value is -2.81. The zero-order valence-electron chi connectivity index (χ0n) is 22.5. The minimum Gasteiger partial charge on any atom is -0.256 e. The molecule has 7 rings (SSSR count). The third kappa shape index (κ3) is 7.89. The second-order valence-corrected chi connectivity index (χ2v) is 13.8. The Morgan fingerprint density at radius 2 is 1.32 bits per heavy atom. The van der Waals surface area contributed by atoms with Gasteiger partial charge in [-0.25, -0.2) is 0 Å². The molecule has 0 saturated carbocycles. The van der Waals surface area contributed by atoms with E-state index in [9.17, 15) is 0 Å². The van der Waals surface area contributed by atoms with E-state index in [4.69, 9.17) is 17.0 Å². The summed E-state index contributed by atoms with van der Waals surface area (Å²) < 4.78 is 0. The molecule has 0 N–H and O–H groups in total. The molecule has 0 amide bonds. The fourth-order valence-corrected chi connectivity index (χ4v) is 4.57. The van der Waals surface area contributed by atoms with Gasteiger partial charge in [-0.2, -0.15) is 17.5 Å². The van der Waals surface area contributed by atoms with E-state index in [0.717, 1.165) is 20.6 Å². The number of hydrogen-bond acceptors (Lipinski definition) is 1. The number of fused-ring (bicyclic) bond motifs is 3. The molecular formula is C35H29Cl2NSiZr. The number of halogens is 2. The molecule has 1 nitrogen and oxygen atoms in total. The van der Waals surface area contributed by atoms with Crippen LogP contribution in [-0.2, 0) is 20.8 Å². The van der Waals surface area contributed by atoms with Gasteiger partial charge in [0.2, 0.25) is 0 Å². The maximum atomic E-state index is 4.93. The SMILES string of the molecule is C[Si]C.[Cl][Zr+2][Cl].c1ccc(-c2cc3c(-c4cnc5ccccc5c4)cccc3[cH-]2)cc1.c1ccc2[cH-]ccc2c1. The predicted octanol–water partition coefficient (Wildman–Crippen LogP) is 11.2. The summed E-state index contributed by atoms with van der Waals surface area (Å²) in [6.07, 6.45) is 1.98. The Balaban J connectivity index is 0.000000203. The van der Waals surface area contributed by atoms with Gasteiger partial charge < -0.3 is 0 Å². The van der Waals surface area contributed by atoms with Gasteiger partial charge in [-0.15, -0.1) is 64.2 Å². The second kappa shape index (κ2) is 15.8. The van der Waals surface area contributed by atoms with Crippen LogP contribution in [0.2, 0.25) is 13.1 Å². The first-order valence-electron chi connectivity index (χ1n) is 12.9. The van der Waals surface area contributed by atoms with E-state index in [1.54, 1.807) is 0 Å². The van der Waals surface area contributed by atoms with Crippen LogP contribution in [0.15, 0.2) is 140 Å². The number of para-hydroxylation sites is 1. The van der Waals surface area contributed by atoms with Crippen LogP contribution < -0.4 is 0 Å². The van der Waals surface area contributed by atoms with Crippen molar-refractivity contribution in [3.8, 4) is 22.3 Å². The van der Waals surface area contributed by atoms with Gasteiger partial charge in [-0.05, 0) is 17.7 Å². The van der Waals surface area contributed by atoms with Crippen molar-refractivity contribution in [2.24, 2.45) is 0 Å². The largest absolute Gasteiger partial charge is 0.256 e. The molecule has 5 heteroatoms. The van der Waals surface area contributed by atoms with Crippen LogP contribution in [0.25, 0.3) is 54.7 Å². The predicted molar refractivity (Wildman–Crippen MR) is 174 cm³/mol. The molecule has 2 radical (unpaired) electrons. The Morgan fingerprint density at radius 3 is 2.08 bits per heavy atom. The van der Waals surface area contributed by atoms with Crippen molar-refractivity contribution in [1.29, 1.82) is 0 Å². The molecule has 0 aliphatic rings. The van der Waals surface area contributed by atoms with Crippen molar-refractivity contribution in [2.75, 3.05) is 0 Å². The van der Waals surface area contributed by atoms with Crippen molar-refractivity contribution in [3.63, 3.8) is 0 Å². The first-order chi connectivity index (χ1) is 19.7. The number of benzene rings is 4. The smallest absolute Gasteiger partial charge is 0.0702 e. The van der Waals surface area contributed by atoms with Gasteiger partial charge in [0.25, 0.3) is 0 Å². The summed E-state index contributed by atoms with van der Waals surface area (Å²) >= 11 is -0.826. The normalized spacial score (nSPS) is 10.0. The van der Waals surface area contributed by atoms with Gasteiger partial charge in [-0.3, -0.25) is 4.98 Å². The van der Waals surface area contributed by atoms with E-state index in [0.29, 0.717) is 0 Å². The summed E-state index contributed by atoms with van der Waals surface area (Å²) in [6, 6.07) is 46.7. The minimum absolute atomic E-state index is 0.826. The molecular weight excluding hydrogens is 625 g/mol. The first-order valence-corrected chi connectivity index (χ1v) is 21.3. The van der Waals surface area contributed by atoms with Crippen LogP contribution in [0.5, 0.6) is 0 Å². The summed E-state index contributed by atoms with van der Waals surface area (Å²) in [7, 11) is 11.0. The molecule has 196 valence electrons. The number of aromatic nitrogens is 1. The molecule has 0 spiro atoms. The van der Waals surface area contributed by atoms with Crippen LogP contribution >= 0.6 is 17.0 Å². The van der Waals surface area contributed by atoms with Crippen molar-refractivity contribution < 1.29 is 20.8 Å². The Labute approximate surface area is 258 Å². The monoisotopic (exact) mass is 651 g/mol. The van der Waals surface area contributed by atoms with Crippen LogP contribution in [0.3, 0.4) is 0 Å². The van der Waals surface area contributed by atoms with E-state index < -0.39 is 20.8 Å². The van der Waals surface area contributed by atoms with Crippen molar-refractivity contribution in [1.82, 2.24) is 4.98 Å². The summed E-state index contributed by atoms with van der Waals surface area (Å²) in [5.74, 6) is 0. The van der Waals surface area contributed by atoms with Gasteiger partial charge >= 0.3 is 37.9 Å². The maximum Gasteiger partial charge on any atom is 0.0702 e. The van der Waals surface area contributed by atoms with Gasteiger partial charge in [0.05, 0.1) is 5.52 Å². The van der Waals surface area contributed by atoms with E-state index in [1.807, 2.05) is 12.3 Å². The van der Waals surface area contributed by atoms with E-state index in [2.05, 4.69) is 145 Å². The Kier molecular flexibility index (Phi) is 11.9. The number of hydrogen-bond donors (Lipinski definition) is 0. The van der Waals surface area contributed by atoms with E-state index in [1.165, 1.54) is 43.6 Å². The molecule has 7 aromatic rings. The molecule has 40 heavy (non-hydrogen) atoms. The quantitative estimate of drug-likeness (QED) is 0.134. The molecule has 0 aliphatic heterocycles. The van der Waals surface area contributed by atoms with Gasteiger partial charge in [0, 0.05) is 21.1 Å². The van der Waals surface area contributed by atoms with Crippen molar-refractivity contribution in [3.05, 3.63) is 140 Å². The average molecular weight is 654 g/mol. The number of nitrogens with zero attached hydrogens (tertiary/aromatic N) is 1. The maximum absolute atomic E-state index is 4.93. The molecule has 0 atom stereocenters. The average Bonchev–Trinajstić information content (AvgIpc) is 3.66. The molecule has 0 unspecified atom stereocenters. The number of pyridine rings is 1. The van der Waals surface area contributed by atoms with E-state index in [-0.39, 0.29) is 0 Å². The van der Waals surface area contributed by atoms with E-state index >= 15 is 0 Å². The van der Waals surface area contributed by atoms with Gasteiger partial charge in [0.15, 0.2) is 0 Å². The molecule has 0 saturated heterocycles. The summed E-state index contributed by atoms with van der Waals surface area (Å²) in [5.41, 5.74) is 5.94. The summed E-state index contributed by atoms with van der Waals surface area (Å²) in [5, 5.41) is 6.38. The third-order valence-electron chi connectivity index (χ3n) is 6.31. The van der Waals surface area contributed by atoms with Crippen LogP contribution in [-0.4, -0.2) is 14.5 Å². The number of rotatable bonds is 2. The Bertz CT molecular complexity index is 1730. The summed E-state index contributed by atoms with van der Waals surface area (Å²) in [4.78, 5) is 4.63. The van der Waals surface area contributed by atoms with Crippen molar-refractivity contribution in [2.45, 2.75) is 13.1 Å². The summed E-state index contributed by atoms with van der Waals surface area (Å²) in [6.45, 7) is 4.31. The third-order valence-corrected chi connectivity index (χ3v) is 6.31. The minimum atomic E-state index is -0.826. The fraction of sp³-hybridized carbons (Fsp3) is 0.0571. The first kappa shape index (κ1) is 30.2. The molecule has 0 fully saturated rings. The second-order valence-electron chi connectivity index (χ2n) is 9.06. The van der Waals surface area contributed by atoms with Crippen LogP contribution in [0.4, 0.5) is 0 Å². The van der Waals surface area contributed by atoms with Gasteiger partial charge in [-0.1, -0.05) is 91.0 Å². The molecule has 0 aliphatic carbocycles. The topological polar surface area (TPSA) is 12.9 Å². The Morgan fingerprint density at radius 1 is 0.675 bits per heavy atom. The zero-order chi connectivity index (χ0) is 28.2. The standard InChI is InChI=1S/C24H16N.C9H7.C2H6Si.2ClH.Zr/c1-2-7-17(8-3-1)20-13-18-10-6-11-22(23(18)15-20)21-14-19-9-4-5-12-24(19)25-16-21;1-2-5-9-7-3-6-8(9)4-1;1-3-2;;;/h1-16H;1-7H;1-2H3;2*1H;/q2*-1;;;;+4/p-2. The molecule has 1 aromatic heterocycles. The molecule has 0 bridgehead atoms. The molecule has 6 aromatic carbocycles. The zero-order valence-corrected chi connectivity index (χ0v) is 27.5. The fourth-order valence-electron chi connectivity index (χ4n) is 4.57. The molecule has 1 heterocycles. The van der Waals surface area contributed by atoms with Gasteiger partial charge in [0.1, 0.15) is 0 Å². The van der Waals surface area contributed by atoms with Crippen LogP contribution in [0.1, 0.15) is 0 Å². The van der Waals surface area contributed by atoms with Crippen molar-refractivity contribution >= 4 is 59.0 Å².